The van der Waals surface area contributed by atoms with Gasteiger partial charge in [-0.15, -0.1) is 0 Å². The van der Waals surface area contributed by atoms with E-state index in [1.807, 2.05) is 13.1 Å². The first kappa shape index (κ1) is 10.8. The van der Waals surface area contributed by atoms with Crippen molar-refractivity contribution in [3.05, 3.63) is 53.4 Å². The monoisotopic (exact) mass is 219 g/mol. The summed E-state index contributed by atoms with van der Waals surface area (Å²) in [6.45, 7) is 1.75. The fourth-order valence-electron chi connectivity index (χ4n) is 1.69. The van der Waals surface area contributed by atoms with Gasteiger partial charge in [0, 0.05) is 12.4 Å². The van der Waals surface area contributed by atoms with E-state index in [1.165, 1.54) is 0 Å². The maximum atomic E-state index is 13.5. The highest BCUT2D eigenvalue weighted by Crippen LogP contribution is 2.20. The predicted molar refractivity (Wildman–Crippen MR) is 60.6 cm³/mol. The Kier molecular flexibility index (Phi) is 3.01. The second-order valence-corrected chi connectivity index (χ2v) is 3.70. The van der Waals surface area contributed by atoms with Crippen molar-refractivity contribution < 1.29 is 4.39 Å². The van der Waals surface area contributed by atoms with Crippen molar-refractivity contribution in [2.75, 3.05) is 7.05 Å². The molecule has 1 aromatic carbocycles. The number of hydrogen-bond acceptors (Lipinski definition) is 2. The van der Waals surface area contributed by atoms with Crippen molar-refractivity contribution in [2.45, 2.75) is 13.0 Å². The summed E-state index contributed by atoms with van der Waals surface area (Å²) < 4.78 is 13.5. The van der Waals surface area contributed by atoms with Crippen LogP contribution in [-0.2, 0) is 0 Å². The van der Waals surface area contributed by atoms with Crippen molar-refractivity contribution in [1.29, 1.82) is 0 Å². The molecule has 0 saturated heterocycles. The molecule has 1 heterocycles. The second kappa shape index (κ2) is 4.45. The van der Waals surface area contributed by atoms with E-state index in [-0.39, 0.29) is 11.9 Å². The molecule has 84 valence electrons. The lowest BCUT2D eigenvalue weighted by Crippen LogP contribution is -2.19. The fourth-order valence-corrected chi connectivity index (χ4v) is 1.69. The summed E-state index contributed by atoms with van der Waals surface area (Å²) >= 11 is 0. The lowest BCUT2D eigenvalue weighted by Gasteiger charge is -2.14. The Balaban J connectivity index is 2.37. The number of halogens is 1. The van der Waals surface area contributed by atoms with Gasteiger partial charge in [-0.2, -0.15) is 0 Å². The Morgan fingerprint density at radius 2 is 2.25 bits per heavy atom. The molecule has 1 unspecified atom stereocenters. The van der Waals surface area contributed by atoms with Gasteiger partial charge in [0.25, 0.3) is 0 Å². The van der Waals surface area contributed by atoms with E-state index in [1.54, 1.807) is 31.5 Å². The highest BCUT2D eigenvalue weighted by Gasteiger charge is 2.14. The molecule has 0 saturated carbocycles. The van der Waals surface area contributed by atoms with E-state index in [2.05, 4.69) is 15.3 Å². The van der Waals surface area contributed by atoms with Gasteiger partial charge in [0.05, 0.1) is 6.04 Å². The third-order valence-corrected chi connectivity index (χ3v) is 2.61. The van der Waals surface area contributed by atoms with E-state index in [9.17, 15) is 4.39 Å². The zero-order valence-corrected chi connectivity index (χ0v) is 9.29. The minimum atomic E-state index is -0.190. The van der Waals surface area contributed by atoms with Crippen LogP contribution in [0.2, 0.25) is 0 Å². The van der Waals surface area contributed by atoms with Crippen LogP contribution in [0.15, 0.2) is 30.6 Å². The minimum Gasteiger partial charge on any atom is -0.347 e. The van der Waals surface area contributed by atoms with Gasteiger partial charge >= 0.3 is 0 Å². The van der Waals surface area contributed by atoms with Crippen molar-refractivity contribution in [3.63, 3.8) is 0 Å². The number of hydrogen-bond donors (Lipinski definition) is 2. The van der Waals surface area contributed by atoms with Crippen LogP contribution in [0.4, 0.5) is 4.39 Å². The summed E-state index contributed by atoms with van der Waals surface area (Å²) in [6, 6.07) is 5.11. The molecule has 3 nitrogen and oxygen atoms in total. The average Bonchev–Trinajstić information content (AvgIpc) is 2.78. The predicted octanol–water partition coefficient (Wildman–Crippen LogP) is 2.17. The molecular weight excluding hydrogens is 205 g/mol. The number of aryl methyl sites for hydroxylation is 1. The molecule has 0 bridgehead atoms. The number of aromatic amines is 1. The number of aromatic nitrogens is 2. The first-order valence-electron chi connectivity index (χ1n) is 5.15. The van der Waals surface area contributed by atoms with Crippen LogP contribution in [0.25, 0.3) is 0 Å². The average molecular weight is 219 g/mol. The van der Waals surface area contributed by atoms with Gasteiger partial charge in [-0.25, -0.2) is 9.37 Å². The van der Waals surface area contributed by atoms with E-state index in [0.717, 1.165) is 11.4 Å². The maximum absolute atomic E-state index is 13.5. The number of nitrogens with one attached hydrogen (secondary N) is 2. The van der Waals surface area contributed by atoms with Gasteiger partial charge in [-0.1, -0.05) is 12.1 Å². The first-order chi connectivity index (χ1) is 7.72. The maximum Gasteiger partial charge on any atom is 0.127 e. The van der Waals surface area contributed by atoms with E-state index in [0.29, 0.717) is 5.56 Å². The molecule has 4 heteroatoms. The summed E-state index contributed by atoms with van der Waals surface area (Å²) in [4.78, 5) is 7.20. The van der Waals surface area contributed by atoms with Crippen LogP contribution >= 0.6 is 0 Å². The third-order valence-electron chi connectivity index (χ3n) is 2.61. The molecule has 0 spiro atoms. The number of imidazole rings is 1. The Hall–Kier alpha value is -1.68. The highest BCUT2D eigenvalue weighted by atomic mass is 19.1. The number of rotatable bonds is 3. The van der Waals surface area contributed by atoms with E-state index >= 15 is 0 Å². The molecule has 0 radical (unpaired) electrons. The molecular formula is C12H14FN3. The molecule has 2 aromatic rings. The van der Waals surface area contributed by atoms with Gasteiger partial charge in [-0.3, -0.25) is 0 Å². The molecule has 1 aromatic heterocycles. The summed E-state index contributed by atoms with van der Waals surface area (Å²) in [7, 11) is 1.82. The molecule has 1 atom stereocenters. The number of H-pyrrole nitrogens is 1. The Labute approximate surface area is 93.7 Å². The van der Waals surface area contributed by atoms with E-state index in [4.69, 9.17) is 0 Å². The van der Waals surface area contributed by atoms with Crippen LogP contribution in [0.5, 0.6) is 0 Å². The smallest absolute Gasteiger partial charge is 0.127 e. The Morgan fingerprint density at radius 1 is 1.44 bits per heavy atom. The second-order valence-electron chi connectivity index (χ2n) is 3.70. The molecule has 0 fully saturated rings. The quantitative estimate of drug-likeness (QED) is 0.830. The topological polar surface area (TPSA) is 40.7 Å². The Morgan fingerprint density at radius 3 is 2.81 bits per heavy atom. The van der Waals surface area contributed by atoms with Gasteiger partial charge in [-0.05, 0) is 31.2 Å². The molecule has 0 amide bonds. The summed E-state index contributed by atoms with van der Waals surface area (Å²) in [5, 5.41) is 3.11. The van der Waals surface area contributed by atoms with Crippen LogP contribution in [0, 0.1) is 12.7 Å². The lowest BCUT2D eigenvalue weighted by molar-refractivity contribution is 0.603. The van der Waals surface area contributed by atoms with Crippen molar-refractivity contribution in [1.82, 2.24) is 15.3 Å². The standard InChI is InChI=1S/C12H14FN3/c1-8-3-4-9(7-10(8)13)11(14-2)12-15-5-6-16-12/h3-7,11,14H,1-2H3,(H,15,16). The number of nitrogens with zero attached hydrogens (tertiary/aromatic N) is 1. The fraction of sp³-hybridized carbons (Fsp3) is 0.250. The van der Waals surface area contributed by atoms with Gasteiger partial charge in [0.15, 0.2) is 0 Å². The highest BCUT2D eigenvalue weighted by molar-refractivity contribution is 5.29. The SMILES string of the molecule is CNC(c1ccc(C)c(F)c1)c1ncc[nH]1. The summed E-state index contributed by atoms with van der Waals surface area (Å²) in [6.07, 6.45) is 3.44. The molecule has 0 aliphatic carbocycles. The molecule has 16 heavy (non-hydrogen) atoms. The van der Waals surface area contributed by atoms with Crippen LogP contribution in [0.1, 0.15) is 23.0 Å². The van der Waals surface area contributed by atoms with E-state index < -0.39 is 0 Å². The first-order valence-corrected chi connectivity index (χ1v) is 5.15. The lowest BCUT2D eigenvalue weighted by atomic mass is 10.0. The molecule has 2 rings (SSSR count). The Bertz CT molecular complexity index is 465. The minimum absolute atomic E-state index is 0.106. The molecule has 0 aliphatic rings. The number of benzene rings is 1. The van der Waals surface area contributed by atoms with Crippen LogP contribution in [-0.4, -0.2) is 17.0 Å². The van der Waals surface area contributed by atoms with Crippen LogP contribution in [0.3, 0.4) is 0 Å². The zero-order chi connectivity index (χ0) is 11.5. The summed E-state index contributed by atoms with van der Waals surface area (Å²) in [5.41, 5.74) is 1.51. The normalized spacial score (nSPS) is 12.7. The third kappa shape index (κ3) is 1.97. The van der Waals surface area contributed by atoms with Crippen molar-refractivity contribution in [2.24, 2.45) is 0 Å². The largest absolute Gasteiger partial charge is 0.347 e. The molecule has 2 N–H and O–H groups in total. The van der Waals surface area contributed by atoms with Gasteiger partial charge < -0.3 is 10.3 Å². The van der Waals surface area contributed by atoms with Crippen molar-refractivity contribution >= 4 is 0 Å². The van der Waals surface area contributed by atoms with Gasteiger partial charge in [0.2, 0.25) is 0 Å². The summed E-state index contributed by atoms with van der Waals surface area (Å²) in [5.74, 6) is 0.593. The zero-order valence-electron chi connectivity index (χ0n) is 9.29. The molecule has 0 aliphatic heterocycles. The van der Waals surface area contributed by atoms with Crippen LogP contribution < -0.4 is 5.32 Å². The van der Waals surface area contributed by atoms with Gasteiger partial charge in [0.1, 0.15) is 11.6 Å². The van der Waals surface area contributed by atoms with Crippen molar-refractivity contribution in [3.8, 4) is 0 Å².